The highest BCUT2D eigenvalue weighted by Crippen LogP contribution is 2.25. The summed E-state index contributed by atoms with van der Waals surface area (Å²) in [6, 6.07) is 16.7. The lowest BCUT2D eigenvalue weighted by molar-refractivity contribution is -0.109. The lowest BCUT2D eigenvalue weighted by Gasteiger charge is -2.13. The Bertz CT molecular complexity index is 1050. The van der Waals surface area contributed by atoms with E-state index in [2.05, 4.69) is 15.3 Å². The molecule has 1 amide bonds. The fraction of sp³-hybridized carbons (Fsp3) is 0.100. The molecule has 1 unspecified atom stereocenters. The number of hydrogen-bond acceptors (Lipinski definition) is 5. The van der Waals surface area contributed by atoms with Crippen molar-refractivity contribution in [3.8, 4) is 5.13 Å². The van der Waals surface area contributed by atoms with Crippen molar-refractivity contribution < 1.29 is 9.59 Å². The third kappa shape index (κ3) is 3.63. The summed E-state index contributed by atoms with van der Waals surface area (Å²) >= 11 is 1.48. The van der Waals surface area contributed by atoms with E-state index in [9.17, 15) is 9.59 Å². The van der Waals surface area contributed by atoms with Gasteiger partial charge in [-0.3, -0.25) is 9.36 Å². The van der Waals surface area contributed by atoms with Crippen molar-refractivity contribution in [2.75, 3.05) is 0 Å². The van der Waals surface area contributed by atoms with Gasteiger partial charge in [0.1, 0.15) is 18.3 Å². The zero-order valence-electron chi connectivity index (χ0n) is 14.3. The van der Waals surface area contributed by atoms with Crippen molar-refractivity contribution in [2.45, 2.75) is 12.5 Å². The fourth-order valence-corrected chi connectivity index (χ4v) is 3.77. The third-order valence-electron chi connectivity index (χ3n) is 4.14. The number of para-hydroxylation sites is 1. The van der Waals surface area contributed by atoms with Crippen LogP contribution in [-0.4, -0.2) is 32.8 Å². The number of hydrogen-bond donors (Lipinski definition) is 1. The van der Waals surface area contributed by atoms with Gasteiger partial charge in [-0.2, -0.15) is 0 Å². The summed E-state index contributed by atoms with van der Waals surface area (Å²) in [5, 5.41) is 3.43. The van der Waals surface area contributed by atoms with Crippen LogP contribution in [0, 0.1) is 0 Å². The van der Waals surface area contributed by atoms with Crippen LogP contribution >= 0.6 is 11.3 Å². The molecule has 1 atom stereocenters. The minimum absolute atomic E-state index is 0.342. The number of benzene rings is 2. The number of aromatic nitrogens is 3. The maximum absolute atomic E-state index is 12.7. The standard InChI is InChI=1S/C20H16N4O2S/c25-12-15(10-14-6-2-1-3-7-14)22-19(26)17-11-21-13-24(17)20-23-16-8-4-5-9-18(16)27-20/h1-9,11-13,15H,10H2,(H,22,26). The van der Waals surface area contributed by atoms with Crippen LogP contribution in [0.4, 0.5) is 0 Å². The molecule has 134 valence electrons. The van der Waals surface area contributed by atoms with Gasteiger partial charge in [-0.05, 0) is 24.1 Å². The molecule has 0 fully saturated rings. The minimum Gasteiger partial charge on any atom is -0.341 e. The second-order valence-electron chi connectivity index (χ2n) is 6.02. The zero-order chi connectivity index (χ0) is 18.6. The van der Waals surface area contributed by atoms with Crippen LogP contribution in [0.15, 0.2) is 67.1 Å². The average molecular weight is 376 g/mol. The fourth-order valence-electron chi connectivity index (χ4n) is 2.82. The Labute approximate surface area is 159 Å². The molecule has 0 spiro atoms. The van der Waals surface area contributed by atoms with E-state index in [-0.39, 0.29) is 5.91 Å². The van der Waals surface area contributed by atoms with Gasteiger partial charge in [0.25, 0.3) is 5.91 Å². The monoisotopic (exact) mass is 376 g/mol. The summed E-state index contributed by atoms with van der Waals surface area (Å²) < 4.78 is 2.67. The first kappa shape index (κ1) is 17.1. The van der Waals surface area contributed by atoms with Gasteiger partial charge in [-0.1, -0.05) is 53.8 Å². The molecule has 6 nitrogen and oxygen atoms in total. The number of imidazole rings is 1. The SMILES string of the molecule is O=CC(Cc1ccccc1)NC(=O)c1cncn1-c1nc2ccccc2s1. The van der Waals surface area contributed by atoms with Gasteiger partial charge < -0.3 is 10.1 Å². The molecule has 0 aliphatic carbocycles. The number of nitrogens with zero attached hydrogens (tertiary/aromatic N) is 3. The lowest BCUT2D eigenvalue weighted by atomic mass is 10.1. The maximum atomic E-state index is 12.7. The summed E-state index contributed by atoms with van der Waals surface area (Å²) in [5.41, 5.74) is 2.19. The summed E-state index contributed by atoms with van der Waals surface area (Å²) in [6.07, 6.45) is 4.22. The molecule has 2 aromatic heterocycles. The second-order valence-corrected chi connectivity index (χ2v) is 7.03. The molecule has 4 rings (SSSR count). The smallest absolute Gasteiger partial charge is 0.270 e. The lowest BCUT2D eigenvalue weighted by Crippen LogP contribution is -2.38. The number of aldehydes is 1. The van der Waals surface area contributed by atoms with Gasteiger partial charge >= 0.3 is 0 Å². The topological polar surface area (TPSA) is 76.9 Å². The van der Waals surface area contributed by atoms with Crippen molar-refractivity contribution >= 4 is 33.7 Å². The van der Waals surface area contributed by atoms with Gasteiger partial charge in [-0.25, -0.2) is 9.97 Å². The van der Waals surface area contributed by atoms with Gasteiger partial charge in [0.15, 0.2) is 5.13 Å². The van der Waals surface area contributed by atoms with Crippen LogP contribution in [-0.2, 0) is 11.2 Å². The molecule has 0 bridgehead atoms. The number of thiazole rings is 1. The van der Waals surface area contributed by atoms with Crippen molar-refractivity contribution in [1.82, 2.24) is 19.9 Å². The van der Waals surface area contributed by atoms with Crippen molar-refractivity contribution in [1.29, 1.82) is 0 Å². The van der Waals surface area contributed by atoms with Crippen LogP contribution in [0.2, 0.25) is 0 Å². The Morgan fingerprint density at radius 1 is 1.15 bits per heavy atom. The molecule has 0 aliphatic heterocycles. The Balaban J connectivity index is 1.56. The van der Waals surface area contributed by atoms with Gasteiger partial charge in [0.05, 0.1) is 22.5 Å². The molecular weight excluding hydrogens is 360 g/mol. The highest BCUT2D eigenvalue weighted by atomic mass is 32.1. The quantitative estimate of drug-likeness (QED) is 0.525. The number of rotatable bonds is 6. The first-order chi connectivity index (χ1) is 13.2. The van der Waals surface area contributed by atoms with Crippen molar-refractivity contribution in [3.05, 3.63) is 78.4 Å². The van der Waals surface area contributed by atoms with E-state index in [4.69, 9.17) is 0 Å². The third-order valence-corrected chi connectivity index (χ3v) is 5.17. The van der Waals surface area contributed by atoms with Gasteiger partial charge in [0, 0.05) is 0 Å². The first-order valence-corrected chi connectivity index (χ1v) is 9.24. The van der Waals surface area contributed by atoms with E-state index >= 15 is 0 Å². The predicted molar refractivity (Wildman–Crippen MR) is 104 cm³/mol. The number of carbonyl (C=O) groups excluding carboxylic acids is 2. The molecule has 7 heteroatoms. The average Bonchev–Trinajstić information content (AvgIpc) is 3.34. The van der Waals surface area contributed by atoms with Gasteiger partial charge in [-0.15, -0.1) is 0 Å². The van der Waals surface area contributed by atoms with Crippen LogP contribution in [0.25, 0.3) is 15.3 Å². The first-order valence-electron chi connectivity index (χ1n) is 8.43. The molecule has 4 aromatic rings. The summed E-state index contributed by atoms with van der Waals surface area (Å²) in [4.78, 5) is 32.8. The number of fused-ring (bicyclic) bond motifs is 1. The van der Waals surface area contributed by atoms with E-state index in [1.165, 1.54) is 17.5 Å². The molecular formula is C20H16N4O2S. The number of nitrogens with one attached hydrogen (secondary N) is 1. The van der Waals surface area contributed by atoms with E-state index in [1.54, 1.807) is 10.9 Å². The molecule has 27 heavy (non-hydrogen) atoms. The Morgan fingerprint density at radius 3 is 2.70 bits per heavy atom. The van der Waals surface area contributed by atoms with E-state index in [0.29, 0.717) is 17.2 Å². The largest absolute Gasteiger partial charge is 0.341 e. The molecule has 0 saturated carbocycles. The van der Waals surface area contributed by atoms with Crippen LogP contribution < -0.4 is 5.32 Å². The highest BCUT2D eigenvalue weighted by Gasteiger charge is 2.19. The van der Waals surface area contributed by atoms with Crippen LogP contribution in [0.3, 0.4) is 0 Å². The normalized spacial score (nSPS) is 12.0. The number of carbonyl (C=O) groups is 2. The van der Waals surface area contributed by atoms with E-state index < -0.39 is 6.04 Å². The Hall–Kier alpha value is -3.32. The molecule has 2 aromatic carbocycles. The van der Waals surface area contributed by atoms with Crippen molar-refractivity contribution in [3.63, 3.8) is 0 Å². The maximum Gasteiger partial charge on any atom is 0.270 e. The van der Waals surface area contributed by atoms with Crippen LogP contribution in [0.5, 0.6) is 0 Å². The highest BCUT2D eigenvalue weighted by molar-refractivity contribution is 7.20. The zero-order valence-corrected chi connectivity index (χ0v) is 15.1. The van der Waals surface area contributed by atoms with E-state index in [1.807, 2.05) is 54.6 Å². The molecule has 0 saturated heterocycles. The van der Waals surface area contributed by atoms with Crippen LogP contribution in [0.1, 0.15) is 16.1 Å². The molecule has 1 N–H and O–H groups in total. The molecule has 2 heterocycles. The van der Waals surface area contributed by atoms with E-state index in [0.717, 1.165) is 22.1 Å². The summed E-state index contributed by atoms with van der Waals surface area (Å²) in [6.45, 7) is 0. The summed E-state index contributed by atoms with van der Waals surface area (Å²) in [7, 11) is 0. The minimum atomic E-state index is -0.612. The second kappa shape index (κ2) is 7.51. The van der Waals surface area contributed by atoms with Crippen molar-refractivity contribution in [2.24, 2.45) is 0 Å². The molecule has 0 radical (unpaired) electrons. The summed E-state index contributed by atoms with van der Waals surface area (Å²) in [5.74, 6) is -0.361. The Kier molecular flexibility index (Phi) is 4.76. The number of amides is 1. The Morgan fingerprint density at radius 2 is 1.93 bits per heavy atom. The molecule has 0 aliphatic rings. The van der Waals surface area contributed by atoms with Gasteiger partial charge in [0.2, 0.25) is 0 Å². The predicted octanol–water partition coefficient (Wildman–Crippen LogP) is 3.02.